The highest BCUT2D eigenvalue weighted by Gasteiger charge is 2.30. The molecule has 0 heterocycles. The number of carbonyl (C=O) groups is 1. The van der Waals surface area contributed by atoms with Crippen LogP contribution in [0.1, 0.15) is 52.4 Å². The molecule has 2 N–H and O–H groups in total. The second-order valence-electron chi connectivity index (χ2n) is 7.09. The highest BCUT2D eigenvalue weighted by Crippen LogP contribution is 2.29. The molecule has 116 valence electrons. The first-order valence-electron chi connectivity index (χ1n) is 8.17. The van der Waals surface area contributed by atoms with Gasteiger partial charge in [-0.3, -0.25) is 0 Å². The molecule has 4 heteroatoms. The van der Waals surface area contributed by atoms with Gasteiger partial charge in [0.05, 0.1) is 6.10 Å². The van der Waals surface area contributed by atoms with Gasteiger partial charge in [0.2, 0.25) is 0 Å². The van der Waals surface area contributed by atoms with Crippen LogP contribution in [0.2, 0.25) is 0 Å². The Kier molecular flexibility index (Phi) is 5.30. The van der Waals surface area contributed by atoms with Crippen LogP contribution in [0.4, 0.5) is 4.79 Å². The maximum atomic E-state index is 12.3. The molecule has 2 saturated carbocycles. The molecule has 0 aromatic carbocycles. The molecule has 2 aliphatic rings. The Bertz CT molecular complexity index is 334. The van der Waals surface area contributed by atoms with E-state index in [4.69, 9.17) is 0 Å². The number of hydrogen-bond donors (Lipinski definition) is 2. The monoisotopic (exact) mass is 282 g/mol. The molecular weight excluding hydrogens is 252 g/mol. The minimum absolute atomic E-state index is 0.0236. The molecule has 20 heavy (non-hydrogen) atoms. The van der Waals surface area contributed by atoms with E-state index >= 15 is 0 Å². The third-order valence-corrected chi connectivity index (χ3v) is 5.21. The van der Waals surface area contributed by atoms with E-state index in [1.807, 2.05) is 7.05 Å². The van der Waals surface area contributed by atoms with Gasteiger partial charge in [-0.25, -0.2) is 4.79 Å². The van der Waals surface area contributed by atoms with Gasteiger partial charge in [-0.2, -0.15) is 0 Å². The molecule has 0 saturated heterocycles. The number of carbonyl (C=O) groups excluding carboxylic acids is 1. The van der Waals surface area contributed by atoms with Gasteiger partial charge in [0.1, 0.15) is 0 Å². The van der Waals surface area contributed by atoms with Crippen LogP contribution in [0.15, 0.2) is 0 Å². The number of amides is 2. The summed E-state index contributed by atoms with van der Waals surface area (Å²) in [6, 6.07) is 0.338. The number of urea groups is 1. The fourth-order valence-corrected chi connectivity index (χ4v) is 3.81. The summed E-state index contributed by atoms with van der Waals surface area (Å²) in [6.45, 7) is 5.20. The number of aliphatic hydroxyl groups is 1. The van der Waals surface area contributed by atoms with Crippen LogP contribution < -0.4 is 5.32 Å². The Morgan fingerprint density at radius 1 is 1.25 bits per heavy atom. The lowest BCUT2D eigenvalue weighted by atomic mass is 9.80. The number of aliphatic hydroxyl groups excluding tert-OH is 1. The van der Waals surface area contributed by atoms with Gasteiger partial charge < -0.3 is 15.3 Å². The third kappa shape index (κ3) is 3.87. The van der Waals surface area contributed by atoms with E-state index in [1.54, 1.807) is 4.90 Å². The maximum absolute atomic E-state index is 12.3. The second-order valence-corrected chi connectivity index (χ2v) is 7.09. The Balaban J connectivity index is 1.78. The van der Waals surface area contributed by atoms with Gasteiger partial charge in [-0.05, 0) is 43.9 Å². The average molecular weight is 282 g/mol. The molecule has 0 bridgehead atoms. The topological polar surface area (TPSA) is 52.6 Å². The summed E-state index contributed by atoms with van der Waals surface area (Å²) in [5.74, 6) is 1.60. The number of rotatable bonds is 3. The predicted octanol–water partition coefficient (Wildman–Crippen LogP) is 2.61. The summed E-state index contributed by atoms with van der Waals surface area (Å²) < 4.78 is 0. The second kappa shape index (κ2) is 6.79. The summed E-state index contributed by atoms with van der Waals surface area (Å²) in [4.78, 5) is 14.0. The van der Waals surface area contributed by atoms with Gasteiger partial charge in [0.15, 0.2) is 0 Å². The largest absolute Gasteiger partial charge is 0.393 e. The van der Waals surface area contributed by atoms with Crippen molar-refractivity contribution in [2.24, 2.45) is 17.8 Å². The van der Waals surface area contributed by atoms with Gasteiger partial charge >= 0.3 is 6.03 Å². The zero-order valence-corrected chi connectivity index (χ0v) is 13.1. The van der Waals surface area contributed by atoms with Crippen molar-refractivity contribution in [3.8, 4) is 0 Å². The zero-order valence-electron chi connectivity index (χ0n) is 13.1. The predicted molar refractivity (Wildman–Crippen MR) is 80.5 cm³/mol. The lowest BCUT2D eigenvalue weighted by Crippen LogP contribution is -2.48. The van der Waals surface area contributed by atoms with Crippen LogP contribution in [0.25, 0.3) is 0 Å². The SMILES string of the molecule is CC1CCC(NC(=O)N(C)CC2CCCC2O)C(C)C1. The number of nitrogens with zero attached hydrogens (tertiary/aromatic N) is 1. The molecule has 0 aliphatic heterocycles. The molecule has 0 radical (unpaired) electrons. The Morgan fingerprint density at radius 2 is 2.00 bits per heavy atom. The van der Waals surface area contributed by atoms with E-state index in [9.17, 15) is 9.90 Å². The van der Waals surface area contributed by atoms with E-state index in [2.05, 4.69) is 19.2 Å². The molecule has 2 amide bonds. The Morgan fingerprint density at radius 3 is 2.60 bits per heavy atom. The van der Waals surface area contributed by atoms with E-state index in [-0.39, 0.29) is 18.1 Å². The van der Waals surface area contributed by atoms with Crippen LogP contribution in [0.5, 0.6) is 0 Å². The van der Waals surface area contributed by atoms with E-state index < -0.39 is 0 Å². The van der Waals surface area contributed by atoms with Crippen molar-refractivity contribution in [3.05, 3.63) is 0 Å². The number of hydrogen-bond acceptors (Lipinski definition) is 2. The highest BCUT2D eigenvalue weighted by atomic mass is 16.3. The van der Waals surface area contributed by atoms with Crippen molar-refractivity contribution < 1.29 is 9.90 Å². The van der Waals surface area contributed by atoms with Crippen LogP contribution in [-0.2, 0) is 0 Å². The van der Waals surface area contributed by atoms with Gasteiger partial charge in [-0.15, -0.1) is 0 Å². The molecule has 2 aliphatic carbocycles. The summed E-state index contributed by atoms with van der Waals surface area (Å²) in [6.07, 6.45) is 6.29. The average Bonchev–Trinajstić information content (AvgIpc) is 2.78. The third-order valence-electron chi connectivity index (χ3n) is 5.21. The summed E-state index contributed by atoms with van der Waals surface area (Å²) in [5, 5.41) is 13.0. The van der Waals surface area contributed by atoms with Crippen molar-refractivity contribution in [1.82, 2.24) is 10.2 Å². The molecule has 4 nitrogen and oxygen atoms in total. The van der Waals surface area contributed by atoms with Crippen molar-refractivity contribution in [1.29, 1.82) is 0 Å². The lowest BCUT2D eigenvalue weighted by molar-refractivity contribution is 0.112. The summed E-state index contributed by atoms with van der Waals surface area (Å²) in [5.41, 5.74) is 0. The molecule has 0 aromatic heterocycles. The first-order valence-corrected chi connectivity index (χ1v) is 8.17. The van der Waals surface area contributed by atoms with Crippen molar-refractivity contribution in [2.75, 3.05) is 13.6 Å². The maximum Gasteiger partial charge on any atom is 0.317 e. The molecule has 0 spiro atoms. The van der Waals surface area contributed by atoms with Crippen molar-refractivity contribution >= 4 is 6.03 Å². The fraction of sp³-hybridized carbons (Fsp3) is 0.938. The molecule has 5 unspecified atom stereocenters. The Hall–Kier alpha value is -0.770. The lowest BCUT2D eigenvalue weighted by Gasteiger charge is -2.34. The summed E-state index contributed by atoms with van der Waals surface area (Å²) >= 11 is 0. The van der Waals surface area contributed by atoms with Gasteiger partial charge in [-0.1, -0.05) is 20.3 Å². The highest BCUT2D eigenvalue weighted by molar-refractivity contribution is 5.74. The van der Waals surface area contributed by atoms with Crippen molar-refractivity contribution in [3.63, 3.8) is 0 Å². The van der Waals surface area contributed by atoms with Crippen LogP contribution >= 0.6 is 0 Å². The van der Waals surface area contributed by atoms with E-state index in [0.29, 0.717) is 18.5 Å². The zero-order chi connectivity index (χ0) is 14.7. The number of nitrogens with one attached hydrogen (secondary N) is 1. The standard InChI is InChI=1S/C16H30N2O2/c1-11-7-8-14(12(2)9-11)17-16(20)18(3)10-13-5-4-6-15(13)19/h11-15,19H,4-10H2,1-3H3,(H,17,20). The summed E-state index contributed by atoms with van der Waals surface area (Å²) in [7, 11) is 1.84. The smallest absolute Gasteiger partial charge is 0.317 e. The molecule has 2 rings (SSSR count). The fourth-order valence-electron chi connectivity index (χ4n) is 3.81. The first-order chi connectivity index (χ1) is 9.47. The Labute approximate surface area is 122 Å². The molecular formula is C16H30N2O2. The quantitative estimate of drug-likeness (QED) is 0.836. The van der Waals surface area contributed by atoms with Gasteiger partial charge in [0, 0.05) is 25.6 Å². The van der Waals surface area contributed by atoms with E-state index in [1.165, 1.54) is 12.8 Å². The normalized spacial score (nSPS) is 37.7. The first kappa shape index (κ1) is 15.6. The van der Waals surface area contributed by atoms with Gasteiger partial charge in [0.25, 0.3) is 0 Å². The van der Waals surface area contributed by atoms with E-state index in [0.717, 1.165) is 31.6 Å². The van der Waals surface area contributed by atoms with Crippen LogP contribution in [0, 0.1) is 17.8 Å². The minimum atomic E-state index is -0.222. The van der Waals surface area contributed by atoms with Crippen LogP contribution in [0.3, 0.4) is 0 Å². The molecule has 0 aromatic rings. The van der Waals surface area contributed by atoms with Crippen molar-refractivity contribution in [2.45, 2.75) is 64.5 Å². The molecule has 2 fully saturated rings. The minimum Gasteiger partial charge on any atom is -0.393 e. The molecule has 5 atom stereocenters. The van der Waals surface area contributed by atoms with Crippen LogP contribution in [-0.4, -0.2) is 41.8 Å².